The first-order valence-electron chi connectivity index (χ1n) is 9.75. The number of aliphatic imine (C=N–C) groups is 1. The minimum Gasteiger partial charge on any atom is -0.497 e. The second kappa shape index (κ2) is 13.4. The van der Waals surface area contributed by atoms with Gasteiger partial charge in [-0.1, -0.05) is 30.3 Å². The van der Waals surface area contributed by atoms with Crippen LogP contribution in [0.2, 0.25) is 0 Å². The number of benzene rings is 2. The molecule has 0 aliphatic heterocycles. The molecule has 0 fully saturated rings. The van der Waals surface area contributed by atoms with Crippen LogP contribution < -0.4 is 14.8 Å². The van der Waals surface area contributed by atoms with Gasteiger partial charge in [-0.05, 0) is 24.1 Å². The number of hydrogen-bond acceptors (Lipinski definition) is 5. The van der Waals surface area contributed by atoms with Crippen molar-refractivity contribution in [2.24, 2.45) is 4.99 Å². The Morgan fingerprint density at radius 3 is 2.42 bits per heavy atom. The van der Waals surface area contributed by atoms with Gasteiger partial charge in [-0.25, -0.2) is 8.42 Å². The average Bonchev–Trinajstić information content (AvgIpc) is 2.74. The number of halogens is 1. The molecule has 172 valence electrons. The van der Waals surface area contributed by atoms with E-state index in [2.05, 4.69) is 10.3 Å². The van der Waals surface area contributed by atoms with Crippen molar-refractivity contribution in [1.82, 2.24) is 10.2 Å². The molecule has 0 spiro atoms. The number of nitrogens with zero attached hydrogens (tertiary/aromatic N) is 2. The Morgan fingerprint density at radius 2 is 1.81 bits per heavy atom. The smallest absolute Gasteiger partial charge is 0.193 e. The van der Waals surface area contributed by atoms with Crippen LogP contribution in [0.1, 0.15) is 17.5 Å². The van der Waals surface area contributed by atoms with Gasteiger partial charge in [0.2, 0.25) is 0 Å². The average molecular weight is 561 g/mol. The van der Waals surface area contributed by atoms with Gasteiger partial charge in [0.05, 0.1) is 25.7 Å². The highest BCUT2D eigenvalue weighted by Crippen LogP contribution is 2.25. The van der Waals surface area contributed by atoms with Crippen molar-refractivity contribution < 1.29 is 17.9 Å². The number of rotatable bonds is 10. The van der Waals surface area contributed by atoms with E-state index in [0.29, 0.717) is 25.5 Å². The molecule has 0 unspecified atom stereocenters. The molecule has 0 saturated carbocycles. The third kappa shape index (κ3) is 8.94. The number of hydrogen-bond donors (Lipinski definition) is 1. The van der Waals surface area contributed by atoms with Gasteiger partial charge < -0.3 is 19.7 Å². The first-order chi connectivity index (χ1) is 14.4. The van der Waals surface area contributed by atoms with E-state index in [1.165, 1.54) is 0 Å². The van der Waals surface area contributed by atoms with E-state index in [9.17, 15) is 8.42 Å². The van der Waals surface area contributed by atoms with Crippen LogP contribution in [0.4, 0.5) is 0 Å². The molecule has 0 radical (unpaired) electrons. The van der Waals surface area contributed by atoms with Crippen molar-refractivity contribution in [3.8, 4) is 11.5 Å². The molecule has 0 atom stereocenters. The van der Waals surface area contributed by atoms with Crippen LogP contribution in [0.3, 0.4) is 0 Å². The van der Waals surface area contributed by atoms with Gasteiger partial charge in [-0.2, -0.15) is 0 Å². The molecule has 0 bridgehead atoms. The summed E-state index contributed by atoms with van der Waals surface area (Å²) >= 11 is 0. The lowest BCUT2D eigenvalue weighted by Crippen LogP contribution is -2.39. The zero-order valence-electron chi connectivity index (χ0n) is 18.5. The van der Waals surface area contributed by atoms with Gasteiger partial charge in [-0.3, -0.25) is 4.99 Å². The van der Waals surface area contributed by atoms with Gasteiger partial charge in [0.25, 0.3) is 0 Å². The Bertz CT molecular complexity index is 937. The maximum atomic E-state index is 12.3. The zero-order valence-corrected chi connectivity index (χ0v) is 21.6. The third-order valence-corrected chi connectivity index (χ3v) is 6.30. The van der Waals surface area contributed by atoms with E-state index in [0.717, 1.165) is 22.6 Å². The molecule has 0 aromatic heterocycles. The Labute approximate surface area is 202 Å². The standard InChI is InChI=1S/C22H31N3O4S.HI/c1-23-22(25(2)16-19-11-12-20(28-3)15-21(19)29-4)24-13-8-14-30(26,27)17-18-9-6-5-7-10-18;/h5-7,9-12,15H,8,13-14,16-17H2,1-4H3,(H,23,24);1H. The van der Waals surface area contributed by atoms with Crippen LogP contribution in [-0.2, 0) is 22.1 Å². The largest absolute Gasteiger partial charge is 0.497 e. The fourth-order valence-electron chi connectivity index (χ4n) is 3.09. The fraction of sp³-hybridized carbons (Fsp3) is 0.409. The molecule has 0 aliphatic carbocycles. The lowest BCUT2D eigenvalue weighted by atomic mass is 10.2. The topological polar surface area (TPSA) is 80.2 Å². The molecule has 9 heteroatoms. The lowest BCUT2D eigenvalue weighted by Gasteiger charge is -2.23. The van der Waals surface area contributed by atoms with Gasteiger partial charge in [-0.15, -0.1) is 24.0 Å². The Kier molecular flexibility index (Phi) is 11.7. The summed E-state index contributed by atoms with van der Waals surface area (Å²) in [6, 6.07) is 14.9. The molecule has 0 amide bonds. The number of guanidine groups is 1. The highest BCUT2D eigenvalue weighted by atomic mass is 127. The Balaban J connectivity index is 0.00000480. The first-order valence-corrected chi connectivity index (χ1v) is 11.6. The summed E-state index contributed by atoms with van der Waals surface area (Å²) in [5.41, 5.74) is 1.81. The van der Waals surface area contributed by atoms with Crippen LogP contribution in [0, 0.1) is 0 Å². The van der Waals surface area contributed by atoms with Gasteiger partial charge in [0.15, 0.2) is 15.8 Å². The maximum absolute atomic E-state index is 12.3. The minimum absolute atomic E-state index is 0. The van der Waals surface area contributed by atoms with Crippen molar-refractivity contribution in [2.45, 2.75) is 18.7 Å². The maximum Gasteiger partial charge on any atom is 0.193 e. The SMILES string of the molecule is CN=C(NCCCS(=O)(=O)Cc1ccccc1)N(C)Cc1ccc(OC)cc1OC.I. The van der Waals surface area contributed by atoms with Crippen molar-refractivity contribution in [3.05, 3.63) is 59.7 Å². The molecule has 2 rings (SSSR count). The molecule has 31 heavy (non-hydrogen) atoms. The first kappa shape index (κ1) is 27.0. The number of ether oxygens (including phenoxy) is 2. The van der Waals surface area contributed by atoms with Crippen molar-refractivity contribution >= 4 is 39.8 Å². The number of methoxy groups -OCH3 is 2. The predicted octanol–water partition coefficient (Wildman–Crippen LogP) is 3.33. The normalized spacial score (nSPS) is 11.4. The summed E-state index contributed by atoms with van der Waals surface area (Å²) in [5, 5.41) is 3.23. The number of sulfone groups is 1. The molecule has 2 aromatic carbocycles. The second-order valence-electron chi connectivity index (χ2n) is 6.94. The highest BCUT2D eigenvalue weighted by Gasteiger charge is 2.13. The molecule has 1 N–H and O–H groups in total. The predicted molar refractivity (Wildman–Crippen MR) is 136 cm³/mol. The lowest BCUT2D eigenvalue weighted by molar-refractivity contribution is 0.382. The molecule has 0 aliphatic rings. The van der Waals surface area contributed by atoms with Crippen molar-refractivity contribution in [3.63, 3.8) is 0 Å². The minimum atomic E-state index is -3.15. The molecular formula is C22H32IN3O4S. The van der Waals surface area contributed by atoms with E-state index < -0.39 is 9.84 Å². The van der Waals surface area contributed by atoms with Gasteiger partial charge in [0, 0.05) is 38.8 Å². The summed E-state index contributed by atoms with van der Waals surface area (Å²) < 4.78 is 35.3. The Morgan fingerprint density at radius 1 is 1.10 bits per heavy atom. The van der Waals surface area contributed by atoms with E-state index in [-0.39, 0.29) is 35.5 Å². The Hall–Kier alpha value is -2.01. The van der Waals surface area contributed by atoms with E-state index in [1.54, 1.807) is 21.3 Å². The van der Waals surface area contributed by atoms with Crippen molar-refractivity contribution in [1.29, 1.82) is 0 Å². The zero-order chi connectivity index (χ0) is 22.0. The quantitative estimate of drug-likeness (QED) is 0.208. The summed E-state index contributed by atoms with van der Waals surface area (Å²) in [6.07, 6.45) is 0.508. The van der Waals surface area contributed by atoms with E-state index in [4.69, 9.17) is 9.47 Å². The van der Waals surface area contributed by atoms with Crippen LogP contribution in [0.25, 0.3) is 0 Å². The summed E-state index contributed by atoms with van der Waals surface area (Å²) in [4.78, 5) is 6.25. The van der Waals surface area contributed by atoms with Gasteiger partial charge >= 0.3 is 0 Å². The van der Waals surface area contributed by atoms with Crippen LogP contribution in [-0.4, -0.2) is 59.9 Å². The van der Waals surface area contributed by atoms with Crippen LogP contribution >= 0.6 is 24.0 Å². The second-order valence-corrected chi connectivity index (χ2v) is 9.12. The van der Waals surface area contributed by atoms with E-state index in [1.807, 2.05) is 60.5 Å². The summed E-state index contributed by atoms with van der Waals surface area (Å²) in [7, 11) is 3.72. The summed E-state index contributed by atoms with van der Waals surface area (Å²) in [5.74, 6) is 2.36. The fourth-order valence-corrected chi connectivity index (χ4v) is 4.52. The molecular weight excluding hydrogens is 529 g/mol. The molecule has 7 nitrogen and oxygen atoms in total. The molecule has 0 saturated heterocycles. The number of nitrogens with one attached hydrogen (secondary N) is 1. The molecule has 2 aromatic rings. The van der Waals surface area contributed by atoms with Crippen LogP contribution in [0.15, 0.2) is 53.5 Å². The monoisotopic (exact) mass is 561 g/mol. The van der Waals surface area contributed by atoms with Crippen LogP contribution in [0.5, 0.6) is 11.5 Å². The highest BCUT2D eigenvalue weighted by molar-refractivity contribution is 14.0. The van der Waals surface area contributed by atoms with E-state index >= 15 is 0 Å². The van der Waals surface area contributed by atoms with Gasteiger partial charge in [0.1, 0.15) is 11.5 Å². The third-order valence-electron chi connectivity index (χ3n) is 4.62. The van der Waals surface area contributed by atoms with Crippen molar-refractivity contribution in [2.75, 3.05) is 40.6 Å². The molecule has 0 heterocycles. The summed E-state index contributed by atoms with van der Waals surface area (Å²) in [6.45, 7) is 1.10.